The van der Waals surface area contributed by atoms with Gasteiger partial charge in [-0.25, -0.2) is 14.4 Å². The Labute approximate surface area is 157 Å². The highest BCUT2D eigenvalue weighted by molar-refractivity contribution is 5.95. The van der Waals surface area contributed by atoms with Crippen LogP contribution in [0.2, 0.25) is 0 Å². The number of carbonyl (C=O) groups excluding carboxylic acids is 2. The van der Waals surface area contributed by atoms with Gasteiger partial charge in [0.05, 0.1) is 12.2 Å². The Balaban J connectivity index is 1.67. The maximum Gasteiger partial charge on any atom is 0.251 e. The summed E-state index contributed by atoms with van der Waals surface area (Å²) >= 11 is 0. The molecule has 0 saturated carbocycles. The minimum Gasteiger partial charge on any atom is -0.371 e. The Morgan fingerprint density at radius 3 is 2.74 bits per heavy atom. The molecule has 7 nitrogen and oxygen atoms in total. The summed E-state index contributed by atoms with van der Waals surface area (Å²) in [6, 6.07) is 6.58. The second kappa shape index (κ2) is 8.11. The second-order valence-electron chi connectivity index (χ2n) is 6.43. The first-order valence-corrected chi connectivity index (χ1v) is 8.91. The normalized spacial score (nSPS) is 16.5. The van der Waals surface area contributed by atoms with Gasteiger partial charge < -0.3 is 15.5 Å². The van der Waals surface area contributed by atoms with Crippen molar-refractivity contribution in [3.05, 3.63) is 41.8 Å². The summed E-state index contributed by atoms with van der Waals surface area (Å²) in [7, 11) is 1.58. The van der Waals surface area contributed by atoms with Gasteiger partial charge in [-0.3, -0.25) is 9.59 Å². The van der Waals surface area contributed by atoms with Crippen molar-refractivity contribution in [3.63, 3.8) is 0 Å². The Kier molecular flexibility index (Phi) is 5.63. The quantitative estimate of drug-likeness (QED) is 0.812. The number of hydrogen-bond donors (Lipinski definition) is 2. The number of halogens is 1. The van der Waals surface area contributed by atoms with Gasteiger partial charge in [-0.1, -0.05) is 19.1 Å². The fourth-order valence-corrected chi connectivity index (χ4v) is 3.08. The number of amides is 2. The molecule has 0 bridgehead atoms. The molecule has 1 unspecified atom stereocenters. The Hall–Kier alpha value is -3.03. The van der Waals surface area contributed by atoms with Crippen LogP contribution in [0.5, 0.6) is 0 Å². The summed E-state index contributed by atoms with van der Waals surface area (Å²) in [6.45, 7) is 3.28. The molecule has 8 heteroatoms. The van der Waals surface area contributed by atoms with Crippen LogP contribution in [0.3, 0.4) is 0 Å². The van der Waals surface area contributed by atoms with E-state index in [-0.39, 0.29) is 23.7 Å². The van der Waals surface area contributed by atoms with Gasteiger partial charge in [-0.05, 0) is 18.6 Å². The van der Waals surface area contributed by atoms with Crippen LogP contribution in [0.4, 0.5) is 10.2 Å². The van der Waals surface area contributed by atoms with E-state index in [1.54, 1.807) is 36.2 Å². The highest BCUT2D eigenvalue weighted by Gasteiger charge is 2.30. The minimum atomic E-state index is -0.527. The molecule has 0 aliphatic carbocycles. The maximum atomic E-state index is 13.5. The van der Waals surface area contributed by atoms with Gasteiger partial charge in [0.25, 0.3) is 5.91 Å². The fourth-order valence-electron chi connectivity index (χ4n) is 3.08. The van der Waals surface area contributed by atoms with Gasteiger partial charge in [0.1, 0.15) is 0 Å². The largest absolute Gasteiger partial charge is 0.371 e. The molecular weight excluding hydrogens is 349 g/mol. The van der Waals surface area contributed by atoms with Crippen LogP contribution in [0.1, 0.15) is 30.1 Å². The Morgan fingerprint density at radius 1 is 1.33 bits per heavy atom. The van der Waals surface area contributed by atoms with Crippen LogP contribution in [0.15, 0.2) is 30.5 Å². The van der Waals surface area contributed by atoms with Crippen LogP contribution in [0.25, 0.3) is 11.4 Å². The van der Waals surface area contributed by atoms with E-state index in [1.807, 2.05) is 6.92 Å². The molecule has 2 amide bonds. The van der Waals surface area contributed by atoms with Gasteiger partial charge in [0.15, 0.2) is 17.5 Å². The monoisotopic (exact) mass is 371 g/mol. The molecule has 0 spiro atoms. The van der Waals surface area contributed by atoms with Crippen LogP contribution in [-0.4, -0.2) is 52.9 Å². The number of hydrogen-bond acceptors (Lipinski definition) is 5. The van der Waals surface area contributed by atoms with E-state index in [1.165, 1.54) is 0 Å². The number of nitrogens with zero attached hydrogens (tertiary/aromatic N) is 3. The van der Waals surface area contributed by atoms with Crippen LogP contribution in [-0.2, 0) is 4.79 Å². The number of rotatable bonds is 6. The second-order valence-corrected chi connectivity index (χ2v) is 6.43. The van der Waals surface area contributed by atoms with E-state index in [9.17, 15) is 14.0 Å². The summed E-state index contributed by atoms with van der Waals surface area (Å²) < 4.78 is 13.5. The van der Waals surface area contributed by atoms with Crippen molar-refractivity contribution in [1.82, 2.24) is 20.2 Å². The molecule has 1 aliphatic rings. The van der Waals surface area contributed by atoms with Crippen LogP contribution < -0.4 is 10.6 Å². The molecule has 27 heavy (non-hydrogen) atoms. The molecule has 1 fully saturated rings. The van der Waals surface area contributed by atoms with E-state index < -0.39 is 5.82 Å². The molecule has 2 N–H and O–H groups in total. The van der Waals surface area contributed by atoms with Gasteiger partial charge >= 0.3 is 0 Å². The number of likely N-dealkylation sites (tertiary alicyclic amines) is 1. The van der Waals surface area contributed by atoms with Crippen molar-refractivity contribution in [2.24, 2.45) is 0 Å². The zero-order valence-corrected chi connectivity index (χ0v) is 15.3. The van der Waals surface area contributed by atoms with Crippen molar-refractivity contribution in [1.29, 1.82) is 0 Å². The average Bonchev–Trinajstić information content (AvgIpc) is 3.01. The van der Waals surface area contributed by atoms with Gasteiger partial charge in [-0.15, -0.1) is 0 Å². The SMILES string of the molecule is CCCN1CC(NC(=O)c2ccc(-c3ncc(F)c(NC)n3)cc2)CC1=O. The van der Waals surface area contributed by atoms with Crippen molar-refractivity contribution >= 4 is 17.6 Å². The topological polar surface area (TPSA) is 87.2 Å². The zero-order chi connectivity index (χ0) is 19.4. The van der Waals surface area contributed by atoms with Crippen molar-refractivity contribution in [2.75, 3.05) is 25.5 Å². The zero-order valence-electron chi connectivity index (χ0n) is 15.3. The lowest BCUT2D eigenvalue weighted by atomic mass is 10.1. The average molecular weight is 371 g/mol. The Bertz CT molecular complexity index is 840. The third-order valence-corrected chi connectivity index (χ3v) is 4.43. The third kappa shape index (κ3) is 4.21. The van der Waals surface area contributed by atoms with E-state index in [4.69, 9.17) is 0 Å². The Morgan fingerprint density at radius 2 is 2.07 bits per heavy atom. The molecule has 1 aromatic heterocycles. The number of benzene rings is 1. The number of aromatic nitrogens is 2. The van der Waals surface area contributed by atoms with E-state index >= 15 is 0 Å². The molecule has 1 aliphatic heterocycles. The fraction of sp³-hybridized carbons (Fsp3) is 0.368. The first kappa shape index (κ1) is 18.8. The molecule has 1 atom stereocenters. The predicted molar refractivity (Wildman–Crippen MR) is 99.7 cm³/mol. The molecule has 2 aromatic rings. The molecule has 1 saturated heterocycles. The van der Waals surface area contributed by atoms with Gasteiger partial charge in [0, 0.05) is 37.7 Å². The lowest BCUT2D eigenvalue weighted by Crippen LogP contribution is -2.37. The summed E-state index contributed by atoms with van der Waals surface area (Å²) in [6.07, 6.45) is 2.34. The maximum absolute atomic E-state index is 13.5. The minimum absolute atomic E-state index is 0.0753. The summed E-state index contributed by atoms with van der Waals surface area (Å²) in [4.78, 5) is 34.2. The summed E-state index contributed by atoms with van der Waals surface area (Å²) in [5.41, 5.74) is 1.16. The molecule has 1 aromatic carbocycles. The summed E-state index contributed by atoms with van der Waals surface area (Å²) in [5, 5.41) is 5.58. The third-order valence-electron chi connectivity index (χ3n) is 4.43. The van der Waals surface area contributed by atoms with Crippen molar-refractivity contribution in [3.8, 4) is 11.4 Å². The highest BCUT2D eigenvalue weighted by Crippen LogP contribution is 2.19. The van der Waals surface area contributed by atoms with Gasteiger partial charge in [-0.2, -0.15) is 0 Å². The van der Waals surface area contributed by atoms with Crippen molar-refractivity contribution in [2.45, 2.75) is 25.8 Å². The molecular formula is C19H22FN5O2. The number of anilines is 1. The lowest BCUT2D eigenvalue weighted by Gasteiger charge is -2.16. The van der Waals surface area contributed by atoms with Crippen LogP contribution >= 0.6 is 0 Å². The summed E-state index contributed by atoms with van der Waals surface area (Å²) in [5.74, 6) is -0.200. The standard InChI is InChI=1S/C19H22FN5O2/c1-3-8-25-11-14(9-16(25)26)23-19(27)13-6-4-12(5-7-13)17-22-10-15(20)18(21-2)24-17/h4-7,10,14H,3,8-9,11H2,1-2H3,(H,23,27)(H,21,22,24). The number of nitrogens with one attached hydrogen (secondary N) is 2. The highest BCUT2D eigenvalue weighted by atomic mass is 19.1. The van der Waals surface area contributed by atoms with Crippen LogP contribution in [0, 0.1) is 5.82 Å². The lowest BCUT2D eigenvalue weighted by molar-refractivity contribution is -0.127. The molecule has 142 valence electrons. The first-order chi connectivity index (χ1) is 13.0. The van der Waals surface area contributed by atoms with Gasteiger partial charge in [0.2, 0.25) is 5.91 Å². The first-order valence-electron chi connectivity index (χ1n) is 8.91. The van der Waals surface area contributed by atoms with Crippen molar-refractivity contribution < 1.29 is 14.0 Å². The molecule has 2 heterocycles. The molecule has 0 radical (unpaired) electrons. The predicted octanol–water partition coefficient (Wildman–Crippen LogP) is 2.07. The smallest absolute Gasteiger partial charge is 0.251 e. The van der Waals surface area contributed by atoms with E-state index in [2.05, 4.69) is 20.6 Å². The van der Waals surface area contributed by atoms with E-state index in [0.717, 1.165) is 12.6 Å². The van der Waals surface area contributed by atoms with E-state index in [0.29, 0.717) is 36.5 Å². The number of carbonyl (C=O) groups is 2. The molecule has 3 rings (SSSR count).